The molecular weight excluding hydrogens is 369 g/mol. The Bertz CT molecular complexity index is 771. The zero-order valence-corrected chi connectivity index (χ0v) is 14.8. The van der Waals surface area contributed by atoms with E-state index >= 15 is 0 Å². The lowest BCUT2D eigenvalue weighted by molar-refractivity contribution is -0.141. The molecule has 1 N–H and O–H groups in total. The molecule has 0 spiro atoms. The van der Waals surface area contributed by atoms with Crippen molar-refractivity contribution in [3.05, 3.63) is 28.9 Å². The predicted molar refractivity (Wildman–Crippen MR) is 91.9 cm³/mol. The molecule has 1 aliphatic heterocycles. The van der Waals surface area contributed by atoms with Gasteiger partial charge in [-0.1, -0.05) is 11.3 Å². The summed E-state index contributed by atoms with van der Waals surface area (Å²) in [6.07, 6.45) is -0.530. The minimum Gasteiger partial charge on any atom is -0.481 e. The lowest BCUT2D eigenvalue weighted by Gasteiger charge is -2.25. The molecule has 1 amide bonds. The number of hydrogen-bond acceptors (Lipinski definition) is 6. The average molecular weight is 386 g/mol. The second kappa shape index (κ2) is 7.48. The summed E-state index contributed by atoms with van der Waals surface area (Å²) in [5, 5.41) is 2.66. The molecule has 26 heavy (non-hydrogen) atoms. The van der Waals surface area contributed by atoms with E-state index in [0.717, 1.165) is 30.6 Å². The van der Waals surface area contributed by atoms with Crippen LogP contribution in [-0.2, 0) is 6.18 Å². The van der Waals surface area contributed by atoms with Gasteiger partial charge in [-0.3, -0.25) is 4.79 Å². The lowest BCUT2D eigenvalue weighted by atomic mass is 10.1. The van der Waals surface area contributed by atoms with Gasteiger partial charge in [-0.2, -0.15) is 13.2 Å². The maximum atomic E-state index is 13.3. The normalized spacial score (nSPS) is 15.0. The molecule has 1 aliphatic rings. The molecule has 140 valence electrons. The Hall–Kier alpha value is -2.36. The molecule has 1 saturated heterocycles. The Morgan fingerprint density at radius 1 is 1.27 bits per heavy atom. The van der Waals surface area contributed by atoms with Gasteiger partial charge in [0.25, 0.3) is 5.91 Å². The third-order valence-electron chi connectivity index (χ3n) is 3.92. The molecule has 1 fully saturated rings. The van der Waals surface area contributed by atoms with Crippen molar-refractivity contribution in [1.29, 1.82) is 0 Å². The fraction of sp³-hybridized carbons (Fsp3) is 0.438. The Morgan fingerprint density at radius 3 is 2.58 bits per heavy atom. The number of carbonyl (C=O) groups excluding carboxylic acids is 1. The van der Waals surface area contributed by atoms with Crippen molar-refractivity contribution in [3.8, 4) is 5.88 Å². The van der Waals surface area contributed by atoms with Gasteiger partial charge < -0.3 is 15.0 Å². The fourth-order valence-electron chi connectivity index (χ4n) is 2.64. The monoisotopic (exact) mass is 386 g/mol. The van der Waals surface area contributed by atoms with Crippen LogP contribution in [0.4, 0.5) is 24.0 Å². The van der Waals surface area contributed by atoms with Gasteiger partial charge in [-0.25, -0.2) is 9.97 Å². The third-order valence-corrected chi connectivity index (χ3v) is 5.04. The van der Waals surface area contributed by atoms with Crippen molar-refractivity contribution >= 4 is 28.1 Å². The number of nitrogens with one attached hydrogen (secondary N) is 1. The number of thiazole rings is 1. The first-order chi connectivity index (χ1) is 12.4. The second-order valence-electron chi connectivity index (χ2n) is 5.76. The van der Waals surface area contributed by atoms with Crippen LogP contribution < -0.4 is 15.0 Å². The molecule has 2 aromatic heterocycles. The molecule has 10 heteroatoms. The summed E-state index contributed by atoms with van der Waals surface area (Å²) in [5.74, 6) is -0.519. The molecule has 0 radical (unpaired) electrons. The van der Waals surface area contributed by atoms with Crippen molar-refractivity contribution in [3.63, 3.8) is 0 Å². The van der Waals surface area contributed by atoms with Gasteiger partial charge in [-0.05, 0) is 25.3 Å². The topological polar surface area (TPSA) is 67.3 Å². The van der Waals surface area contributed by atoms with E-state index in [1.165, 1.54) is 25.4 Å². The van der Waals surface area contributed by atoms with Crippen LogP contribution in [0, 0.1) is 0 Å². The molecule has 6 nitrogen and oxygen atoms in total. The Balaban J connectivity index is 1.86. The maximum absolute atomic E-state index is 13.3. The fourth-order valence-corrected chi connectivity index (χ4v) is 3.67. The summed E-state index contributed by atoms with van der Waals surface area (Å²) in [5.41, 5.74) is -0.876. The summed E-state index contributed by atoms with van der Waals surface area (Å²) in [4.78, 5) is 21.4. The molecule has 0 aromatic carbocycles. The highest BCUT2D eigenvalue weighted by atomic mass is 32.1. The number of anilines is 2. The van der Waals surface area contributed by atoms with Crippen molar-refractivity contribution < 1.29 is 22.7 Å². The number of ether oxygens (including phenoxy) is 1. The first kappa shape index (κ1) is 18.4. The van der Waals surface area contributed by atoms with Crippen LogP contribution in [0.2, 0.25) is 0 Å². The van der Waals surface area contributed by atoms with Gasteiger partial charge in [0.05, 0.1) is 19.0 Å². The number of piperidine rings is 1. The van der Waals surface area contributed by atoms with E-state index in [1.807, 2.05) is 0 Å². The molecule has 3 rings (SSSR count). The summed E-state index contributed by atoms with van der Waals surface area (Å²) in [6, 6.07) is 3.01. The van der Waals surface area contributed by atoms with Crippen molar-refractivity contribution in [2.75, 3.05) is 30.4 Å². The number of pyridine rings is 1. The molecule has 0 aliphatic carbocycles. The summed E-state index contributed by atoms with van der Waals surface area (Å²) in [7, 11) is 1.44. The van der Waals surface area contributed by atoms with E-state index in [0.29, 0.717) is 19.0 Å². The molecule has 2 aromatic rings. The van der Waals surface area contributed by atoms with E-state index in [9.17, 15) is 18.0 Å². The van der Waals surface area contributed by atoms with Gasteiger partial charge in [0.2, 0.25) is 5.88 Å². The average Bonchev–Trinajstić information content (AvgIpc) is 3.09. The second-order valence-corrected chi connectivity index (χ2v) is 6.74. The van der Waals surface area contributed by atoms with E-state index in [-0.39, 0.29) is 10.8 Å². The van der Waals surface area contributed by atoms with Crippen LogP contribution >= 0.6 is 11.3 Å². The highest BCUT2D eigenvalue weighted by molar-refractivity contribution is 7.17. The quantitative estimate of drug-likeness (QED) is 0.866. The number of rotatable bonds is 4. The van der Waals surface area contributed by atoms with Crippen molar-refractivity contribution in [2.24, 2.45) is 0 Å². The lowest BCUT2D eigenvalue weighted by Crippen LogP contribution is -2.29. The number of hydrogen-bond donors (Lipinski definition) is 1. The molecule has 0 saturated carbocycles. The third kappa shape index (κ3) is 4.06. The SMILES string of the molecule is COc1ccc(NC(=O)c2sc(N3CCCCC3)nc2C(F)(F)F)cn1. The van der Waals surface area contributed by atoms with E-state index in [4.69, 9.17) is 4.74 Å². The molecule has 0 unspecified atom stereocenters. The minimum absolute atomic E-state index is 0.232. The van der Waals surface area contributed by atoms with Crippen molar-refractivity contribution in [2.45, 2.75) is 25.4 Å². The summed E-state index contributed by atoms with van der Waals surface area (Å²) >= 11 is 0.766. The van der Waals surface area contributed by atoms with Crippen LogP contribution in [0.1, 0.15) is 34.6 Å². The summed E-state index contributed by atoms with van der Waals surface area (Å²) in [6.45, 7) is 1.29. The molecule has 0 atom stereocenters. The molecule has 0 bridgehead atoms. The smallest absolute Gasteiger partial charge is 0.435 e. The highest BCUT2D eigenvalue weighted by Gasteiger charge is 2.40. The Labute approximate surface area is 152 Å². The number of carbonyl (C=O) groups is 1. The van der Waals surface area contributed by atoms with Crippen LogP contribution in [0.5, 0.6) is 5.88 Å². The number of halogens is 3. The van der Waals surface area contributed by atoms with Gasteiger partial charge in [0, 0.05) is 19.2 Å². The summed E-state index contributed by atoms with van der Waals surface area (Å²) < 4.78 is 44.9. The number of amides is 1. The standard InChI is InChI=1S/C16H17F3N4O2S/c1-25-11-6-5-10(9-20-11)21-14(24)12-13(16(17,18)19)22-15(26-12)23-7-3-2-4-8-23/h5-6,9H,2-4,7-8H2,1H3,(H,21,24). The van der Waals surface area contributed by atoms with E-state index in [2.05, 4.69) is 15.3 Å². The Kier molecular flexibility index (Phi) is 5.30. The number of aromatic nitrogens is 2. The minimum atomic E-state index is -4.70. The predicted octanol–water partition coefficient (Wildman–Crippen LogP) is 3.81. The number of alkyl halides is 3. The van der Waals surface area contributed by atoms with Crippen LogP contribution in [0.3, 0.4) is 0 Å². The highest BCUT2D eigenvalue weighted by Crippen LogP contribution is 2.38. The first-order valence-corrected chi connectivity index (χ1v) is 8.84. The van der Waals surface area contributed by atoms with Gasteiger partial charge in [0.15, 0.2) is 10.8 Å². The maximum Gasteiger partial charge on any atom is 0.435 e. The van der Waals surface area contributed by atoms with E-state index in [1.54, 1.807) is 4.90 Å². The first-order valence-electron chi connectivity index (χ1n) is 8.03. The largest absolute Gasteiger partial charge is 0.481 e. The van der Waals surface area contributed by atoms with Crippen LogP contribution in [-0.4, -0.2) is 36.1 Å². The van der Waals surface area contributed by atoms with Crippen LogP contribution in [0.15, 0.2) is 18.3 Å². The van der Waals surface area contributed by atoms with Crippen LogP contribution in [0.25, 0.3) is 0 Å². The number of methoxy groups -OCH3 is 1. The number of nitrogens with zero attached hydrogens (tertiary/aromatic N) is 3. The molecular formula is C16H17F3N4O2S. The molecule has 3 heterocycles. The zero-order chi connectivity index (χ0) is 18.7. The van der Waals surface area contributed by atoms with Crippen molar-refractivity contribution in [1.82, 2.24) is 9.97 Å². The van der Waals surface area contributed by atoms with Gasteiger partial charge >= 0.3 is 6.18 Å². The van der Waals surface area contributed by atoms with E-state index < -0.39 is 22.7 Å². The van der Waals surface area contributed by atoms with Gasteiger partial charge in [0.1, 0.15) is 4.88 Å². The zero-order valence-electron chi connectivity index (χ0n) is 14.0. The van der Waals surface area contributed by atoms with Gasteiger partial charge in [-0.15, -0.1) is 0 Å². The Morgan fingerprint density at radius 2 is 2.00 bits per heavy atom.